The predicted octanol–water partition coefficient (Wildman–Crippen LogP) is 2.02. The molecule has 3 atom stereocenters. The highest BCUT2D eigenvalue weighted by atomic mass is 16.2. The molecule has 1 aromatic heterocycles. The minimum absolute atomic E-state index is 0.231. The first-order valence-corrected chi connectivity index (χ1v) is 9.97. The molecule has 5 nitrogen and oxygen atoms in total. The second-order valence-electron chi connectivity index (χ2n) is 8.14. The molecule has 2 aliphatic heterocycles. The van der Waals surface area contributed by atoms with Crippen molar-refractivity contribution < 1.29 is 4.79 Å². The average molecular weight is 354 g/mol. The predicted molar refractivity (Wildman–Crippen MR) is 103 cm³/mol. The first-order chi connectivity index (χ1) is 12.6. The van der Waals surface area contributed by atoms with Crippen molar-refractivity contribution in [2.45, 2.75) is 52.0 Å². The van der Waals surface area contributed by atoms with Gasteiger partial charge in [-0.25, -0.2) is 4.99 Å². The molecule has 140 valence electrons. The summed E-state index contributed by atoms with van der Waals surface area (Å²) < 4.78 is 0. The number of carbonyl (C=O) groups is 1. The lowest BCUT2D eigenvalue weighted by molar-refractivity contribution is -0.131. The van der Waals surface area contributed by atoms with Crippen LogP contribution in [-0.4, -0.2) is 46.9 Å². The number of nitrogens with zero attached hydrogens (tertiary/aromatic N) is 3. The van der Waals surface area contributed by atoms with Gasteiger partial charge < -0.3 is 14.8 Å². The molecular formula is C21H30N4O. The number of piperidine rings is 1. The number of likely N-dealkylation sites (tertiary alicyclic amines) is 1. The van der Waals surface area contributed by atoms with E-state index in [1.165, 1.54) is 29.3 Å². The molecule has 0 bridgehead atoms. The first-order valence-electron chi connectivity index (χ1n) is 9.97. The molecule has 3 aliphatic rings. The van der Waals surface area contributed by atoms with Crippen LogP contribution in [0.15, 0.2) is 29.0 Å². The van der Waals surface area contributed by atoms with Crippen LogP contribution < -0.4 is 10.7 Å². The van der Waals surface area contributed by atoms with Gasteiger partial charge in [0.15, 0.2) is 0 Å². The molecule has 1 saturated heterocycles. The molecule has 0 aromatic carbocycles. The summed E-state index contributed by atoms with van der Waals surface area (Å²) in [6.45, 7) is 5.80. The van der Waals surface area contributed by atoms with Crippen LogP contribution in [0.3, 0.4) is 0 Å². The van der Waals surface area contributed by atoms with Gasteiger partial charge >= 0.3 is 0 Å². The van der Waals surface area contributed by atoms with Crippen LogP contribution in [0.1, 0.15) is 46.0 Å². The zero-order valence-electron chi connectivity index (χ0n) is 16.2. The van der Waals surface area contributed by atoms with E-state index in [2.05, 4.69) is 34.9 Å². The summed E-state index contributed by atoms with van der Waals surface area (Å²) in [5, 5.41) is 1.24. The van der Waals surface area contributed by atoms with Gasteiger partial charge in [0.2, 0.25) is 5.91 Å². The lowest BCUT2D eigenvalue weighted by atomic mass is 9.89. The second-order valence-corrected chi connectivity index (χ2v) is 8.14. The van der Waals surface area contributed by atoms with Crippen LogP contribution >= 0.6 is 0 Å². The molecule has 3 unspecified atom stereocenters. The number of fused-ring (bicyclic) bond motifs is 2. The lowest BCUT2D eigenvalue weighted by Crippen LogP contribution is -2.41. The quantitative estimate of drug-likeness (QED) is 0.903. The first kappa shape index (κ1) is 17.4. The van der Waals surface area contributed by atoms with E-state index in [0.29, 0.717) is 12.0 Å². The number of hydrogen-bond donors (Lipinski definition) is 1. The Hall–Kier alpha value is -2.04. The maximum atomic E-state index is 11.8. The van der Waals surface area contributed by atoms with Crippen LogP contribution in [-0.2, 0) is 4.79 Å². The van der Waals surface area contributed by atoms with Crippen molar-refractivity contribution in [1.82, 2.24) is 14.8 Å². The van der Waals surface area contributed by atoms with Crippen molar-refractivity contribution in [3.8, 4) is 0 Å². The number of carbonyl (C=O) groups excluding carboxylic acids is 1. The standard InChI is InChI=1S/C21H30N4O/c1-4-15-9-20(19-5-7-22-21(19)23-12-15)24(3)18-10-16-6-8-25(14(2)26)13-17(16)11-18/h5,7,12,16-18H,4,6,8-11,13H2,1-3H3,(H,22,23). The molecule has 1 saturated carbocycles. The summed E-state index contributed by atoms with van der Waals surface area (Å²) in [5.74, 6) is 1.65. The fourth-order valence-electron chi connectivity index (χ4n) is 5.02. The van der Waals surface area contributed by atoms with Gasteiger partial charge in [-0.1, -0.05) is 6.92 Å². The molecule has 5 heteroatoms. The highest BCUT2D eigenvalue weighted by Crippen LogP contribution is 2.41. The average Bonchev–Trinajstić information content (AvgIpc) is 3.23. The summed E-state index contributed by atoms with van der Waals surface area (Å²) in [6, 6.07) is 2.72. The Bertz CT molecular complexity index is 836. The third-order valence-electron chi connectivity index (χ3n) is 6.72. The molecule has 0 radical (unpaired) electrons. The monoisotopic (exact) mass is 354 g/mol. The topological polar surface area (TPSA) is 51.7 Å². The summed E-state index contributed by atoms with van der Waals surface area (Å²) in [5.41, 5.74) is 3.76. The zero-order chi connectivity index (χ0) is 18.3. The van der Waals surface area contributed by atoms with Crippen molar-refractivity contribution in [2.75, 3.05) is 20.1 Å². The Morgan fingerprint density at radius 2 is 2.19 bits per heavy atom. The van der Waals surface area contributed by atoms with Gasteiger partial charge in [-0.2, -0.15) is 0 Å². The van der Waals surface area contributed by atoms with E-state index in [-0.39, 0.29) is 5.91 Å². The molecule has 26 heavy (non-hydrogen) atoms. The van der Waals surface area contributed by atoms with E-state index in [4.69, 9.17) is 0 Å². The van der Waals surface area contributed by atoms with Crippen LogP contribution in [0.25, 0.3) is 5.70 Å². The molecule has 1 amide bonds. The highest BCUT2D eigenvalue weighted by Gasteiger charge is 2.40. The fraction of sp³-hybridized carbons (Fsp3) is 0.619. The zero-order valence-corrected chi connectivity index (χ0v) is 16.2. The molecule has 2 fully saturated rings. The molecule has 1 N–H and O–H groups in total. The number of H-pyrrole nitrogens is 1. The Balaban J connectivity index is 1.58. The van der Waals surface area contributed by atoms with E-state index in [1.54, 1.807) is 6.92 Å². The number of hydrogen-bond acceptors (Lipinski definition) is 3. The van der Waals surface area contributed by atoms with Crippen molar-refractivity contribution in [3.05, 3.63) is 34.7 Å². The Morgan fingerprint density at radius 3 is 2.96 bits per heavy atom. The summed E-state index contributed by atoms with van der Waals surface area (Å²) in [6.07, 6.45) is 9.65. The van der Waals surface area contributed by atoms with E-state index in [9.17, 15) is 4.79 Å². The van der Waals surface area contributed by atoms with Crippen molar-refractivity contribution in [3.63, 3.8) is 0 Å². The number of amides is 1. The smallest absolute Gasteiger partial charge is 0.219 e. The number of aromatic nitrogens is 1. The van der Waals surface area contributed by atoms with Crippen molar-refractivity contribution in [1.29, 1.82) is 0 Å². The fourth-order valence-corrected chi connectivity index (χ4v) is 5.02. The van der Waals surface area contributed by atoms with Gasteiger partial charge in [0, 0.05) is 62.8 Å². The van der Waals surface area contributed by atoms with Crippen molar-refractivity contribution >= 4 is 11.6 Å². The molecule has 1 aromatic rings. The van der Waals surface area contributed by atoms with Crippen molar-refractivity contribution in [2.24, 2.45) is 16.8 Å². The van der Waals surface area contributed by atoms with Gasteiger partial charge in [0.1, 0.15) is 5.49 Å². The minimum atomic E-state index is 0.231. The maximum Gasteiger partial charge on any atom is 0.219 e. The Labute approximate surface area is 155 Å². The Morgan fingerprint density at radius 1 is 1.38 bits per heavy atom. The SMILES string of the molecule is CCC1=CN=c2[nH]ccc2=C(N(C)C2CC3CCN(C(C)=O)CC3C2)C1. The largest absolute Gasteiger partial charge is 0.374 e. The summed E-state index contributed by atoms with van der Waals surface area (Å²) in [7, 11) is 2.26. The number of aromatic amines is 1. The van der Waals surface area contributed by atoms with Crippen LogP contribution in [0, 0.1) is 11.8 Å². The number of rotatable bonds is 3. The van der Waals surface area contributed by atoms with Gasteiger partial charge in [-0.3, -0.25) is 4.79 Å². The minimum Gasteiger partial charge on any atom is -0.374 e. The van der Waals surface area contributed by atoms with Gasteiger partial charge in [-0.05, 0) is 49.2 Å². The molecular weight excluding hydrogens is 324 g/mol. The molecule has 3 heterocycles. The summed E-state index contributed by atoms with van der Waals surface area (Å²) in [4.78, 5) is 24.3. The van der Waals surface area contributed by atoms with E-state index in [0.717, 1.165) is 43.8 Å². The van der Waals surface area contributed by atoms with E-state index < -0.39 is 0 Å². The molecule has 1 aliphatic carbocycles. The van der Waals surface area contributed by atoms with E-state index >= 15 is 0 Å². The molecule has 0 spiro atoms. The van der Waals surface area contributed by atoms with Gasteiger partial charge in [0.05, 0.1) is 0 Å². The van der Waals surface area contributed by atoms with Gasteiger partial charge in [0.25, 0.3) is 0 Å². The Kier molecular flexibility index (Phi) is 4.63. The summed E-state index contributed by atoms with van der Waals surface area (Å²) >= 11 is 0. The molecule has 4 rings (SSSR count). The highest BCUT2D eigenvalue weighted by molar-refractivity contribution is 5.73. The van der Waals surface area contributed by atoms with Crippen LogP contribution in [0.5, 0.6) is 0 Å². The normalized spacial score (nSPS) is 28.0. The third kappa shape index (κ3) is 3.08. The van der Waals surface area contributed by atoms with Gasteiger partial charge in [-0.15, -0.1) is 0 Å². The number of nitrogens with one attached hydrogen (secondary N) is 1. The lowest BCUT2D eigenvalue weighted by Gasteiger charge is -2.34. The van der Waals surface area contributed by atoms with Crippen LogP contribution in [0.4, 0.5) is 0 Å². The maximum absolute atomic E-state index is 11.8. The van der Waals surface area contributed by atoms with Crippen LogP contribution in [0.2, 0.25) is 0 Å². The third-order valence-corrected chi connectivity index (χ3v) is 6.72. The second kappa shape index (κ2) is 6.93. The van der Waals surface area contributed by atoms with E-state index in [1.807, 2.05) is 17.3 Å².